The van der Waals surface area contributed by atoms with E-state index in [0.29, 0.717) is 11.5 Å². The van der Waals surface area contributed by atoms with E-state index in [9.17, 15) is 0 Å². The molecule has 0 spiro atoms. The Hall–Kier alpha value is 0.190. The summed E-state index contributed by atoms with van der Waals surface area (Å²) in [4.78, 5) is 0. The molecule has 1 heterocycles. The van der Waals surface area contributed by atoms with Crippen LogP contribution in [0.1, 0.15) is 20.3 Å². The van der Waals surface area contributed by atoms with Gasteiger partial charge in [0.25, 0.3) is 0 Å². The van der Waals surface area contributed by atoms with Crippen LogP contribution in [0.15, 0.2) is 22.7 Å². The summed E-state index contributed by atoms with van der Waals surface area (Å²) in [7, 11) is 0. The van der Waals surface area contributed by atoms with Gasteiger partial charge in [-0.2, -0.15) is 0 Å². The molecule has 17 heavy (non-hydrogen) atoms. The van der Waals surface area contributed by atoms with Crippen LogP contribution < -0.4 is 10.6 Å². The van der Waals surface area contributed by atoms with Gasteiger partial charge in [0, 0.05) is 26.3 Å². The molecule has 1 aromatic carbocycles. The van der Waals surface area contributed by atoms with Crippen LogP contribution in [-0.4, -0.2) is 19.1 Å². The number of rotatable bonds is 2. The number of benzene rings is 1. The summed E-state index contributed by atoms with van der Waals surface area (Å²) in [6.07, 6.45) is 1.18. The molecule has 4 heteroatoms. The van der Waals surface area contributed by atoms with Crippen molar-refractivity contribution >= 4 is 44.2 Å². The first kappa shape index (κ1) is 13.6. The third kappa shape index (κ3) is 3.35. The first-order valence-electron chi connectivity index (χ1n) is 5.91. The van der Waals surface area contributed by atoms with Gasteiger partial charge in [-0.3, -0.25) is 0 Å². The van der Waals surface area contributed by atoms with Gasteiger partial charge in [-0.15, -0.1) is 0 Å². The van der Waals surface area contributed by atoms with Crippen molar-refractivity contribution in [2.45, 2.75) is 26.3 Å². The van der Waals surface area contributed by atoms with Crippen molar-refractivity contribution in [3.05, 3.63) is 26.2 Å². The fourth-order valence-corrected chi connectivity index (χ4v) is 3.09. The van der Waals surface area contributed by atoms with Crippen molar-refractivity contribution in [2.24, 2.45) is 5.41 Å². The fraction of sp³-hybridized carbons (Fsp3) is 0.538. The average molecular weight is 409 g/mol. The molecule has 0 amide bonds. The molecule has 0 saturated carbocycles. The van der Waals surface area contributed by atoms with Gasteiger partial charge < -0.3 is 10.6 Å². The zero-order valence-corrected chi connectivity index (χ0v) is 13.9. The Bertz CT molecular complexity index is 406. The first-order valence-corrected chi connectivity index (χ1v) is 7.78. The van der Waals surface area contributed by atoms with E-state index in [1.165, 1.54) is 15.7 Å². The highest BCUT2D eigenvalue weighted by atomic mass is 127. The summed E-state index contributed by atoms with van der Waals surface area (Å²) < 4.78 is 2.41. The van der Waals surface area contributed by atoms with E-state index in [4.69, 9.17) is 0 Å². The lowest BCUT2D eigenvalue weighted by Gasteiger charge is -2.40. The molecule has 1 unspecified atom stereocenters. The van der Waals surface area contributed by atoms with Crippen molar-refractivity contribution in [3.8, 4) is 0 Å². The zero-order chi connectivity index (χ0) is 12.5. The number of halogens is 2. The maximum absolute atomic E-state index is 3.70. The minimum absolute atomic E-state index is 0.295. The lowest BCUT2D eigenvalue weighted by atomic mass is 9.80. The predicted octanol–water partition coefficient (Wildman–Crippen LogP) is 3.85. The Balaban J connectivity index is 2.16. The molecule has 1 fully saturated rings. The summed E-state index contributed by atoms with van der Waals surface area (Å²) in [5, 5.41) is 7.17. The Morgan fingerprint density at radius 2 is 2.24 bits per heavy atom. The van der Waals surface area contributed by atoms with E-state index >= 15 is 0 Å². The lowest BCUT2D eigenvalue weighted by Crippen LogP contribution is -2.49. The van der Waals surface area contributed by atoms with Crippen LogP contribution in [0.2, 0.25) is 0 Å². The standard InChI is InChI=1S/C13H18BrIN2/c1-13(2)8-16-6-5-12(13)17-11-7-9(14)3-4-10(11)15/h3-4,7,12,16-17H,5-6,8H2,1-2H3. The third-order valence-electron chi connectivity index (χ3n) is 3.39. The molecule has 0 aliphatic carbocycles. The topological polar surface area (TPSA) is 24.1 Å². The Morgan fingerprint density at radius 3 is 2.94 bits per heavy atom. The van der Waals surface area contributed by atoms with Crippen molar-refractivity contribution < 1.29 is 0 Å². The minimum Gasteiger partial charge on any atom is -0.381 e. The molecule has 1 saturated heterocycles. The number of piperidine rings is 1. The number of hydrogen-bond acceptors (Lipinski definition) is 2. The van der Waals surface area contributed by atoms with Crippen molar-refractivity contribution in [3.63, 3.8) is 0 Å². The van der Waals surface area contributed by atoms with E-state index in [1.807, 2.05) is 0 Å². The molecule has 0 aromatic heterocycles. The second-order valence-corrected chi connectivity index (χ2v) is 7.35. The minimum atomic E-state index is 0.295. The van der Waals surface area contributed by atoms with Crippen LogP contribution in [-0.2, 0) is 0 Å². The van der Waals surface area contributed by atoms with Crippen LogP contribution >= 0.6 is 38.5 Å². The highest BCUT2D eigenvalue weighted by molar-refractivity contribution is 14.1. The molecule has 94 valence electrons. The van der Waals surface area contributed by atoms with Gasteiger partial charge in [-0.25, -0.2) is 0 Å². The molecule has 2 N–H and O–H groups in total. The van der Waals surface area contributed by atoms with Gasteiger partial charge in [0.05, 0.1) is 0 Å². The summed E-state index contributed by atoms with van der Waals surface area (Å²) in [5.41, 5.74) is 1.53. The van der Waals surface area contributed by atoms with Gasteiger partial charge >= 0.3 is 0 Å². The third-order valence-corrected chi connectivity index (χ3v) is 4.83. The van der Waals surface area contributed by atoms with Crippen molar-refractivity contribution in [1.82, 2.24) is 5.32 Å². The number of hydrogen-bond donors (Lipinski definition) is 2. The van der Waals surface area contributed by atoms with E-state index in [2.05, 4.69) is 81.2 Å². The van der Waals surface area contributed by atoms with Crippen LogP contribution in [0.25, 0.3) is 0 Å². The van der Waals surface area contributed by atoms with E-state index in [0.717, 1.165) is 17.6 Å². The van der Waals surface area contributed by atoms with Gasteiger partial charge in [0.1, 0.15) is 0 Å². The van der Waals surface area contributed by atoms with Crippen molar-refractivity contribution in [1.29, 1.82) is 0 Å². The molecule has 1 aliphatic rings. The maximum Gasteiger partial charge on any atom is 0.0489 e. The summed E-state index contributed by atoms with van der Waals surface area (Å²) in [6, 6.07) is 6.92. The van der Waals surface area contributed by atoms with Gasteiger partial charge in [-0.1, -0.05) is 29.8 Å². The van der Waals surface area contributed by atoms with Gasteiger partial charge in [-0.05, 0) is 59.2 Å². The molecule has 1 aliphatic heterocycles. The summed E-state index contributed by atoms with van der Waals surface area (Å²) >= 11 is 5.92. The predicted molar refractivity (Wildman–Crippen MR) is 85.5 cm³/mol. The molecule has 0 radical (unpaired) electrons. The highest BCUT2D eigenvalue weighted by Gasteiger charge is 2.32. The van der Waals surface area contributed by atoms with E-state index in [-0.39, 0.29) is 0 Å². The second-order valence-electron chi connectivity index (χ2n) is 5.28. The van der Waals surface area contributed by atoms with E-state index in [1.54, 1.807) is 0 Å². The molecule has 2 rings (SSSR count). The van der Waals surface area contributed by atoms with E-state index < -0.39 is 0 Å². The molecular weight excluding hydrogens is 391 g/mol. The fourth-order valence-electron chi connectivity index (χ4n) is 2.23. The molecule has 1 atom stereocenters. The molecule has 1 aromatic rings. The van der Waals surface area contributed by atoms with Gasteiger partial charge in [0.2, 0.25) is 0 Å². The molecule has 2 nitrogen and oxygen atoms in total. The molecule has 0 bridgehead atoms. The smallest absolute Gasteiger partial charge is 0.0489 e. The Morgan fingerprint density at radius 1 is 1.47 bits per heavy atom. The van der Waals surface area contributed by atoms with Crippen LogP contribution in [0, 0.1) is 8.99 Å². The largest absolute Gasteiger partial charge is 0.381 e. The van der Waals surface area contributed by atoms with Crippen LogP contribution in [0.4, 0.5) is 5.69 Å². The number of nitrogens with one attached hydrogen (secondary N) is 2. The maximum atomic E-state index is 3.70. The normalized spacial score (nSPS) is 23.4. The SMILES string of the molecule is CC1(C)CNCCC1Nc1cc(Br)ccc1I. The van der Waals surface area contributed by atoms with Gasteiger partial charge in [0.15, 0.2) is 0 Å². The zero-order valence-electron chi connectivity index (χ0n) is 10.2. The van der Waals surface area contributed by atoms with Crippen LogP contribution in [0.3, 0.4) is 0 Å². The lowest BCUT2D eigenvalue weighted by molar-refractivity contribution is 0.236. The average Bonchev–Trinajstić information content (AvgIpc) is 2.26. The van der Waals surface area contributed by atoms with Crippen molar-refractivity contribution in [2.75, 3.05) is 18.4 Å². The first-order chi connectivity index (χ1) is 7.99. The molecular formula is C13H18BrIN2. The summed E-state index contributed by atoms with van der Waals surface area (Å²) in [6.45, 7) is 6.82. The highest BCUT2D eigenvalue weighted by Crippen LogP contribution is 2.31. The quantitative estimate of drug-likeness (QED) is 0.726. The Labute approximate surface area is 125 Å². The monoisotopic (exact) mass is 408 g/mol. The second kappa shape index (κ2) is 5.45. The van der Waals surface area contributed by atoms with Crippen LogP contribution in [0.5, 0.6) is 0 Å². The Kier molecular flexibility index (Phi) is 4.36. The summed E-state index contributed by atoms with van der Waals surface area (Å²) in [5.74, 6) is 0. The number of anilines is 1.